The number of hydrogen-bond donors (Lipinski definition) is 2. The average Bonchev–Trinajstić information content (AvgIpc) is 2.86. The third kappa shape index (κ3) is 4.72. The maximum Gasteiger partial charge on any atom is 0.222 e. The summed E-state index contributed by atoms with van der Waals surface area (Å²) in [5.74, 6) is -1.08. The molecule has 1 amide bonds. The van der Waals surface area contributed by atoms with Gasteiger partial charge < -0.3 is 15.3 Å². The van der Waals surface area contributed by atoms with Crippen LogP contribution in [0.2, 0.25) is 0 Å². The highest BCUT2D eigenvalue weighted by molar-refractivity contribution is 5.78. The third-order valence-electron chi connectivity index (χ3n) is 4.14. The highest BCUT2D eigenvalue weighted by atomic mass is 19.1. The number of nitrogens with one attached hydrogen (secondary N) is 1. The fourth-order valence-corrected chi connectivity index (χ4v) is 2.94. The lowest BCUT2D eigenvalue weighted by atomic mass is 9.95. The van der Waals surface area contributed by atoms with Gasteiger partial charge in [0.1, 0.15) is 11.6 Å². The van der Waals surface area contributed by atoms with Crippen molar-refractivity contribution in [2.75, 3.05) is 19.6 Å². The zero-order valence-corrected chi connectivity index (χ0v) is 13.6. The summed E-state index contributed by atoms with van der Waals surface area (Å²) >= 11 is 0. The van der Waals surface area contributed by atoms with Crippen LogP contribution in [0.15, 0.2) is 18.2 Å². The predicted octanol–water partition coefficient (Wildman–Crippen LogP) is 2.23. The first kappa shape index (κ1) is 17.8. The average molecular weight is 326 g/mol. The Balaban J connectivity index is 1.95. The van der Waals surface area contributed by atoms with E-state index in [-0.39, 0.29) is 31.0 Å². The second-order valence-corrected chi connectivity index (χ2v) is 6.39. The van der Waals surface area contributed by atoms with Gasteiger partial charge in [-0.25, -0.2) is 8.78 Å². The molecule has 1 saturated heterocycles. The topological polar surface area (TPSA) is 52.6 Å². The Morgan fingerprint density at radius 2 is 2.09 bits per heavy atom. The Labute approximate surface area is 135 Å². The normalized spacial score (nSPS) is 17.8. The van der Waals surface area contributed by atoms with Crippen LogP contribution in [-0.2, 0) is 4.79 Å². The first-order valence-corrected chi connectivity index (χ1v) is 8.02. The maximum atomic E-state index is 14.0. The molecule has 0 saturated carbocycles. The molecule has 6 heteroatoms. The van der Waals surface area contributed by atoms with Crippen LogP contribution in [0.5, 0.6) is 0 Å². The van der Waals surface area contributed by atoms with Gasteiger partial charge in [0.2, 0.25) is 5.91 Å². The van der Waals surface area contributed by atoms with Crippen molar-refractivity contribution in [3.05, 3.63) is 35.4 Å². The first-order chi connectivity index (χ1) is 10.9. The minimum absolute atomic E-state index is 0.0639. The lowest BCUT2D eigenvalue weighted by molar-refractivity contribution is -0.128. The molecule has 0 aliphatic carbocycles. The van der Waals surface area contributed by atoms with E-state index >= 15 is 0 Å². The van der Waals surface area contributed by atoms with E-state index in [1.165, 1.54) is 12.1 Å². The van der Waals surface area contributed by atoms with Crippen molar-refractivity contribution in [1.29, 1.82) is 0 Å². The van der Waals surface area contributed by atoms with Crippen molar-refractivity contribution in [2.45, 2.75) is 38.8 Å². The fraction of sp³-hybridized carbons (Fsp3) is 0.588. The van der Waals surface area contributed by atoms with Crippen molar-refractivity contribution in [3.8, 4) is 0 Å². The van der Waals surface area contributed by atoms with Crippen molar-refractivity contribution in [3.63, 3.8) is 0 Å². The van der Waals surface area contributed by atoms with Gasteiger partial charge in [0.15, 0.2) is 0 Å². The molecule has 2 N–H and O–H groups in total. The molecule has 23 heavy (non-hydrogen) atoms. The summed E-state index contributed by atoms with van der Waals surface area (Å²) in [7, 11) is 0. The number of carbonyl (C=O) groups excluding carboxylic acids is 1. The Kier molecular flexibility index (Phi) is 6.07. The molecule has 4 nitrogen and oxygen atoms in total. The molecule has 1 aliphatic rings. The number of carbonyl (C=O) groups is 1. The number of halogens is 2. The highest BCUT2D eigenvalue weighted by Crippen LogP contribution is 2.24. The predicted molar refractivity (Wildman–Crippen MR) is 83.8 cm³/mol. The molecule has 128 valence electrons. The van der Waals surface area contributed by atoms with Gasteiger partial charge in [-0.2, -0.15) is 0 Å². The van der Waals surface area contributed by atoms with Gasteiger partial charge in [-0.05, 0) is 18.4 Å². The lowest BCUT2D eigenvalue weighted by Gasteiger charge is -2.26. The highest BCUT2D eigenvalue weighted by Gasteiger charge is 2.24. The number of nitrogens with zero attached hydrogens (tertiary/aromatic N) is 1. The van der Waals surface area contributed by atoms with Crippen LogP contribution < -0.4 is 5.32 Å². The van der Waals surface area contributed by atoms with Gasteiger partial charge in [0.25, 0.3) is 0 Å². The lowest BCUT2D eigenvalue weighted by Crippen LogP contribution is -2.40. The van der Waals surface area contributed by atoms with Crippen LogP contribution in [-0.4, -0.2) is 41.7 Å². The van der Waals surface area contributed by atoms with Gasteiger partial charge >= 0.3 is 0 Å². The van der Waals surface area contributed by atoms with E-state index in [9.17, 15) is 18.7 Å². The van der Waals surface area contributed by atoms with E-state index in [0.29, 0.717) is 18.5 Å². The summed E-state index contributed by atoms with van der Waals surface area (Å²) in [6, 6.07) is 3.19. The molecule has 1 aliphatic heterocycles. The van der Waals surface area contributed by atoms with Gasteiger partial charge in [0.05, 0.1) is 6.10 Å². The molecule has 2 unspecified atom stereocenters. The summed E-state index contributed by atoms with van der Waals surface area (Å²) in [5.41, 5.74) is 0.380. The van der Waals surface area contributed by atoms with E-state index in [0.717, 1.165) is 12.5 Å². The van der Waals surface area contributed by atoms with Crippen LogP contribution in [0.3, 0.4) is 0 Å². The van der Waals surface area contributed by atoms with Crippen LogP contribution in [0, 0.1) is 17.6 Å². The summed E-state index contributed by atoms with van der Waals surface area (Å²) < 4.78 is 27.0. The molecule has 2 atom stereocenters. The molecule has 1 fully saturated rings. The number of aliphatic hydroxyl groups excluding tert-OH is 1. The molecular formula is C17H24F2N2O2. The second kappa shape index (κ2) is 7.84. The molecule has 0 bridgehead atoms. The minimum atomic E-state index is -0.721. The van der Waals surface area contributed by atoms with Gasteiger partial charge in [-0.15, -0.1) is 0 Å². The zero-order valence-electron chi connectivity index (χ0n) is 13.6. The minimum Gasteiger partial charge on any atom is -0.390 e. The third-order valence-corrected chi connectivity index (χ3v) is 4.14. The van der Waals surface area contributed by atoms with Crippen molar-refractivity contribution < 1.29 is 18.7 Å². The van der Waals surface area contributed by atoms with E-state index in [1.807, 2.05) is 13.8 Å². The Bertz CT molecular complexity index is 551. The summed E-state index contributed by atoms with van der Waals surface area (Å²) in [5, 5.41) is 13.2. The van der Waals surface area contributed by atoms with E-state index in [1.54, 1.807) is 4.90 Å². The molecule has 0 radical (unpaired) electrons. The summed E-state index contributed by atoms with van der Waals surface area (Å²) in [6.07, 6.45) is 0.644. The number of β-amino-alcohol motifs (C(OH)–C–C–N with tert-alkyl or cyclic N) is 1. The quantitative estimate of drug-likeness (QED) is 0.808. The Morgan fingerprint density at radius 1 is 1.35 bits per heavy atom. The number of hydrogen-bond acceptors (Lipinski definition) is 3. The first-order valence-electron chi connectivity index (χ1n) is 8.02. The van der Waals surface area contributed by atoms with E-state index < -0.39 is 17.7 Å². The van der Waals surface area contributed by atoms with E-state index in [4.69, 9.17) is 0 Å². The SMILES string of the molecule is CC(C)C(NCC(O)CN1CCCC1=O)c1ccc(F)cc1F. The van der Waals surface area contributed by atoms with Crippen molar-refractivity contribution in [1.82, 2.24) is 10.2 Å². The van der Waals surface area contributed by atoms with Gasteiger partial charge in [-0.3, -0.25) is 4.79 Å². The standard InChI is InChI=1S/C17H24F2N2O2/c1-11(2)17(14-6-5-12(18)8-15(14)19)20-9-13(22)10-21-7-3-4-16(21)23/h5-6,8,11,13,17,20,22H,3-4,7,9-10H2,1-2H3. The maximum absolute atomic E-state index is 14.0. The zero-order chi connectivity index (χ0) is 17.0. The van der Waals surface area contributed by atoms with Crippen LogP contribution in [0.4, 0.5) is 8.78 Å². The van der Waals surface area contributed by atoms with E-state index in [2.05, 4.69) is 5.32 Å². The summed E-state index contributed by atoms with van der Waals surface area (Å²) in [4.78, 5) is 13.2. The van der Waals surface area contributed by atoms with Crippen molar-refractivity contribution >= 4 is 5.91 Å². The van der Waals surface area contributed by atoms with Gasteiger partial charge in [0, 0.05) is 43.7 Å². The number of likely N-dealkylation sites (tertiary alicyclic amines) is 1. The Hall–Kier alpha value is -1.53. The summed E-state index contributed by atoms with van der Waals surface area (Å²) in [6.45, 7) is 5.05. The molecule has 0 spiro atoms. The molecular weight excluding hydrogens is 302 g/mol. The van der Waals surface area contributed by atoms with Crippen LogP contribution >= 0.6 is 0 Å². The van der Waals surface area contributed by atoms with Crippen molar-refractivity contribution in [2.24, 2.45) is 5.92 Å². The Morgan fingerprint density at radius 3 is 2.65 bits per heavy atom. The second-order valence-electron chi connectivity index (χ2n) is 6.39. The van der Waals surface area contributed by atoms with Gasteiger partial charge in [-0.1, -0.05) is 19.9 Å². The molecule has 2 rings (SSSR count). The molecule has 1 heterocycles. The largest absolute Gasteiger partial charge is 0.390 e. The molecule has 1 aromatic carbocycles. The fourth-order valence-electron chi connectivity index (χ4n) is 2.94. The smallest absolute Gasteiger partial charge is 0.222 e. The number of benzene rings is 1. The van der Waals surface area contributed by atoms with Crippen LogP contribution in [0.1, 0.15) is 38.3 Å². The number of amides is 1. The molecule has 1 aromatic rings. The number of aliphatic hydroxyl groups is 1. The number of rotatable bonds is 7. The van der Waals surface area contributed by atoms with Crippen LogP contribution in [0.25, 0.3) is 0 Å². The molecule has 0 aromatic heterocycles. The monoisotopic (exact) mass is 326 g/mol.